The van der Waals surface area contributed by atoms with Gasteiger partial charge in [0.25, 0.3) is 0 Å². The van der Waals surface area contributed by atoms with Gasteiger partial charge in [0.15, 0.2) is 0 Å². The van der Waals surface area contributed by atoms with Crippen molar-refractivity contribution in [2.75, 3.05) is 7.05 Å². The molecule has 0 bridgehead atoms. The molecule has 1 atom stereocenters. The Kier molecular flexibility index (Phi) is 5.96. The third kappa shape index (κ3) is 5.30. The van der Waals surface area contributed by atoms with Crippen LogP contribution in [0.25, 0.3) is 0 Å². The molecule has 0 heterocycles. The monoisotopic (exact) mass is 400 g/mol. The van der Waals surface area contributed by atoms with Gasteiger partial charge in [-0.25, -0.2) is 13.6 Å². The van der Waals surface area contributed by atoms with Crippen LogP contribution in [0.5, 0.6) is 0 Å². The molecule has 1 unspecified atom stereocenters. The Balaban J connectivity index is 2.13. The molecule has 0 aliphatic heterocycles. The van der Waals surface area contributed by atoms with E-state index in [1.54, 1.807) is 20.0 Å². The van der Waals surface area contributed by atoms with E-state index in [0.717, 1.165) is 12.1 Å². The average Bonchev–Trinajstić information content (AvgIpc) is 2.59. The summed E-state index contributed by atoms with van der Waals surface area (Å²) < 4.78 is 60.7. The van der Waals surface area contributed by atoms with Gasteiger partial charge in [0.05, 0.1) is 22.9 Å². The summed E-state index contributed by atoms with van der Waals surface area (Å²) in [5, 5.41) is 5.12. The van der Waals surface area contributed by atoms with Gasteiger partial charge < -0.3 is 4.90 Å². The van der Waals surface area contributed by atoms with Gasteiger partial charge in [0, 0.05) is 7.05 Å². The summed E-state index contributed by atoms with van der Waals surface area (Å²) in [5.41, 5.74) is 0.246. The Morgan fingerprint density at radius 2 is 1.74 bits per heavy atom. The van der Waals surface area contributed by atoms with Crippen LogP contribution in [0.15, 0.2) is 53.4 Å². The maximum absolute atomic E-state index is 12.6. The van der Waals surface area contributed by atoms with Crippen molar-refractivity contribution in [1.29, 1.82) is 0 Å². The highest BCUT2D eigenvalue weighted by molar-refractivity contribution is 7.89. The van der Waals surface area contributed by atoms with Crippen molar-refractivity contribution in [1.82, 2.24) is 4.90 Å². The third-order valence-electron chi connectivity index (χ3n) is 4.28. The molecule has 27 heavy (non-hydrogen) atoms. The van der Waals surface area contributed by atoms with E-state index in [9.17, 15) is 26.4 Å². The summed E-state index contributed by atoms with van der Waals surface area (Å²) in [6.45, 7) is 1.72. The van der Waals surface area contributed by atoms with Crippen molar-refractivity contribution in [2.45, 2.75) is 30.5 Å². The summed E-state index contributed by atoms with van der Waals surface area (Å²) in [7, 11) is -2.32. The number of carbonyl (C=O) groups is 1. The minimum Gasteiger partial charge on any atom is -0.339 e. The largest absolute Gasteiger partial charge is 0.416 e. The Hall–Kier alpha value is -2.39. The van der Waals surface area contributed by atoms with E-state index >= 15 is 0 Å². The molecule has 2 rings (SSSR count). The molecule has 0 aromatic heterocycles. The number of carbonyl (C=O) groups excluding carboxylic acids is 1. The third-order valence-corrected chi connectivity index (χ3v) is 5.19. The highest BCUT2D eigenvalue weighted by Gasteiger charge is 2.30. The van der Waals surface area contributed by atoms with Crippen molar-refractivity contribution < 1.29 is 26.4 Å². The minimum absolute atomic E-state index is 0.0598. The SMILES string of the molecule is CC(c1cccc(S(N)(=O)=O)c1)N(C)C(=O)Cc1ccc(C(F)(F)F)cc1. The van der Waals surface area contributed by atoms with Crippen molar-refractivity contribution in [2.24, 2.45) is 5.14 Å². The van der Waals surface area contributed by atoms with E-state index in [0.29, 0.717) is 11.1 Å². The summed E-state index contributed by atoms with van der Waals surface area (Å²) in [4.78, 5) is 13.8. The lowest BCUT2D eigenvalue weighted by Crippen LogP contribution is -2.31. The topological polar surface area (TPSA) is 80.5 Å². The molecule has 1 amide bonds. The number of likely N-dealkylation sites (N-methyl/N-ethyl adjacent to an activating group) is 1. The van der Waals surface area contributed by atoms with Crippen LogP contribution in [-0.2, 0) is 27.4 Å². The number of halogens is 3. The van der Waals surface area contributed by atoms with Crippen LogP contribution in [0.3, 0.4) is 0 Å². The summed E-state index contributed by atoms with van der Waals surface area (Å²) in [6.07, 6.45) is -4.50. The fraction of sp³-hybridized carbons (Fsp3) is 0.278. The fourth-order valence-electron chi connectivity index (χ4n) is 2.50. The van der Waals surface area contributed by atoms with Gasteiger partial charge in [-0.05, 0) is 42.3 Å². The van der Waals surface area contributed by atoms with Crippen LogP contribution in [0, 0.1) is 0 Å². The second-order valence-electron chi connectivity index (χ2n) is 6.17. The Bertz CT molecular complexity index is 926. The molecule has 0 saturated carbocycles. The van der Waals surface area contributed by atoms with Gasteiger partial charge in [-0.1, -0.05) is 24.3 Å². The normalized spacial score (nSPS) is 13.3. The number of benzene rings is 2. The van der Waals surface area contributed by atoms with E-state index in [1.165, 1.54) is 35.2 Å². The molecule has 0 fully saturated rings. The molecule has 9 heteroatoms. The smallest absolute Gasteiger partial charge is 0.339 e. The molecule has 146 valence electrons. The van der Waals surface area contributed by atoms with Crippen LogP contribution >= 0.6 is 0 Å². The predicted molar refractivity (Wildman–Crippen MR) is 94.1 cm³/mol. The second kappa shape index (κ2) is 7.69. The first-order valence-corrected chi connectivity index (χ1v) is 9.49. The quantitative estimate of drug-likeness (QED) is 0.837. The molecule has 0 saturated heterocycles. The first-order chi connectivity index (χ1) is 12.4. The lowest BCUT2D eigenvalue weighted by atomic mass is 10.1. The summed E-state index contributed by atoms with van der Waals surface area (Å²) in [5.74, 6) is -0.316. The molecule has 5 nitrogen and oxygen atoms in total. The van der Waals surface area contributed by atoms with E-state index in [-0.39, 0.29) is 17.2 Å². The highest BCUT2D eigenvalue weighted by atomic mass is 32.2. The first kappa shape index (κ1) is 20.9. The number of nitrogens with zero attached hydrogens (tertiary/aromatic N) is 1. The van der Waals surface area contributed by atoms with Gasteiger partial charge in [0.1, 0.15) is 0 Å². The van der Waals surface area contributed by atoms with Crippen LogP contribution in [0.4, 0.5) is 13.2 Å². The Morgan fingerprint density at radius 3 is 2.26 bits per heavy atom. The molecule has 0 aliphatic rings. The zero-order valence-electron chi connectivity index (χ0n) is 14.7. The number of nitrogens with two attached hydrogens (primary N) is 1. The Morgan fingerprint density at radius 1 is 1.15 bits per heavy atom. The average molecular weight is 400 g/mol. The molecule has 2 N–H and O–H groups in total. The zero-order valence-corrected chi connectivity index (χ0v) is 15.5. The number of hydrogen-bond donors (Lipinski definition) is 1. The lowest BCUT2D eigenvalue weighted by Gasteiger charge is -2.26. The molecular weight excluding hydrogens is 381 g/mol. The number of sulfonamides is 1. The molecule has 0 aliphatic carbocycles. The van der Waals surface area contributed by atoms with Crippen LogP contribution in [0.2, 0.25) is 0 Å². The fourth-order valence-corrected chi connectivity index (χ4v) is 3.07. The maximum atomic E-state index is 12.6. The maximum Gasteiger partial charge on any atom is 0.416 e. The summed E-state index contributed by atoms with van der Waals surface area (Å²) in [6, 6.07) is 9.89. The van der Waals surface area contributed by atoms with Gasteiger partial charge in [-0.3, -0.25) is 4.79 Å². The van der Waals surface area contributed by atoms with Crippen LogP contribution in [0.1, 0.15) is 29.7 Å². The number of hydrogen-bond acceptors (Lipinski definition) is 3. The van der Waals surface area contributed by atoms with E-state index in [4.69, 9.17) is 5.14 Å². The van der Waals surface area contributed by atoms with E-state index < -0.39 is 27.8 Å². The van der Waals surface area contributed by atoms with Crippen molar-refractivity contribution in [3.8, 4) is 0 Å². The Labute approximate surface area is 155 Å². The standard InChI is InChI=1S/C18H19F3N2O3S/c1-12(14-4-3-5-16(11-14)27(22,25)26)23(2)17(24)10-13-6-8-15(9-7-13)18(19,20)21/h3-9,11-12H,10H2,1-2H3,(H2,22,25,26). The molecule has 2 aromatic rings. The number of amides is 1. The number of rotatable bonds is 5. The molecule has 0 radical (unpaired) electrons. The van der Waals surface area contributed by atoms with Crippen LogP contribution < -0.4 is 5.14 Å². The van der Waals surface area contributed by atoms with Crippen molar-refractivity contribution in [3.05, 3.63) is 65.2 Å². The molecular formula is C18H19F3N2O3S. The van der Waals surface area contributed by atoms with E-state index in [1.807, 2.05) is 0 Å². The number of alkyl halides is 3. The van der Waals surface area contributed by atoms with Gasteiger partial charge in [-0.2, -0.15) is 13.2 Å². The van der Waals surface area contributed by atoms with Crippen LogP contribution in [-0.4, -0.2) is 26.3 Å². The molecule has 2 aromatic carbocycles. The zero-order chi connectivity index (χ0) is 20.4. The van der Waals surface area contributed by atoms with Crippen molar-refractivity contribution in [3.63, 3.8) is 0 Å². The lowest BCUT2D eigenvalue weighted by molar-refractivity contribution is -0.137. The summed E-state index contributed by atoms with van der Waals surface area (Å²) >= 11 is 0. The highest BCUT2D eigenvalue weighted by Crippen LogP contribution is 2.29. The second-order valence-corrected chi connectivity index (χ2v) is 7.73. The van der Waals surface area contributed by atoms with Gasteiger partial charge in [-0.15, -0.1) is 0 Å². The van der Waals surface area contributed by atoms with E-state index in [2.05, 4.69) is 0 Å². The first-order valence-electron chi connectivity index (χ1n) is 7.94. The number of primary sulfonamides is 1. The van der Waals surface area contributed by atoms with Crippen molar-refractivity contribution >= 4 is 15.9 Å². The van der Waals surface area contributed by atoms with Gasteiger partial charge >= 0.3 is 6.18 Å². The minimum atomic E-state index is -4.43. The predicted octanol–water partition coefficient (Wildman–Crippen LogP) is 3.11. The van der Waals surface area contributed by atoms with Gasteiger partial charge in [0.2, 0.25) is 15.9 Å². The molecule has 0 spiro atoms.